The number of benzene rings is 1. The van der Waals surface area contributed by atoms with Crippen molar-refractivity contribution in [3.8, 4) is 0 Å². The minimum absolute atomic E-state index is 0.0927. The maximum absolute atomic E-state index is 13.0. The highest BCUT2D eigenvalue weighted by Crippen LogP contribution is 2.37. The number of amides is 1. The van der Waals surface area contributed by atoms with Crippen LogP contribution < -0.4 is 11.1 Å². The van der Waals surface area contributed by atoms with E-state index >= 15 is 0 Å². The number of ether oxygens (including phenoxy) is 2. The Bertz CT molecular complexity index is 536. The molecule has 0 saturated carbocycles. The Labute approximate surface area is 150 Å². The molecule has 0 spiro atoms. The summed E-state index contributed by atoms with van der Waals surface area (Å²) in [4.78, 5) is 12.0. The number of nitrogens with two attached hydrogens (primary N) is 1. The summed E-state index contributed by atoms with van der Waals surface area (Å²) in [5.74, 6) is -2.41. The number of nitrogens with one attached hydrogen (secondary N) is 1. The van der Waals surface area contributed by atoms with Crippen molar-refractivity contribution in [1.82, 2.24) is 5.32 Å². The fourth-order valence-corrected chi connectivity index (χ4v) is 2.33. The number of aliphatic hydroxyl groups is 1. The topological polar surface area (TPSA) is 93.8 Å². The summed E-state index contributed by atoms with van der Waals surface area (Å²) in [7, 11) is 0. The lowest BCUT2D eigenvalue weighted by Crippen LogP contribution is -2.30. The lowest BCUT2D eigenvalue weighted by molar-refractivity contribution is -0.170. The summed E-state index contributed by atoms with van der Waals surface area (Å²) < 4.78 is 49.3. The van der Waals surface area contributed by atoms with Gasteiger partial charge in [-0.1, -0.05) is 12.1 Å². The van der Waals surface area contributed by atoms with Crippen molar-refractivity contribution in [2.75, 3.05) is 39.5 Å². The van der Waals surface area contributed by atoms with Gasteiger partial charge >= 0.3 is 6.18 Å². The number of carbonyl (C=O) groups excluding carboxylic acids is 1. The maximum atomic E-state index is 13.0. The average molecular weight is 378 g/mol. The zero-order valence-electron chi connectivity index (χ0n) is 14.6. The van der Waals surface area contributed by atoms with Gasteiger partial charge < -0.3 is 25.6 Å². The quantitative estimate of drug-likeness (QED) is 0.507. The number of rotatable bonds is 11. The van der Waals surface area contributed by atoms with Crippen LogP contribution in [0.3, 0.4) is 0 Å². The molecule has 148 valence electrons. The first kappa shape index (κ1) is 22.4. The van der Waals surface area contributed by atoms with E-state index in [1.165, 1.54) is 24.3 Å². The fourth-order valence-electron chi connectivity index (χ4n) is 2.33. The van der Waals surface area contributed by atoms with E-state index in [9.17, 15) is 23.1 Å². The molecule has 0 saturated heterocycles. The summed E-state index contributed by atoms with van der Waals surface area (Å²) in [6.45, 7) is 3.32. The standard InChI is InChI=1S/C17H25F3N2O4/c1-12(23)15(17(18,19)20)13-2-4-14(5-3-13)16(24)22-7-9-26-11-10-25-8-6-21/h2-5,12,15,23H,6-11,21H2,1H3,(H,22,24). The third kappa shape index (κ3) is 7.69. The maximum Gasteiger partial charge on any atom is 0.398 e. The van der Waals surface area contributed by atoms with Crippen LogP contribution in [0.1, 0.15) is 28.8 Å². The number of aliphatic hydroxyl groups excluding tert-OH is 1. The number of hydrogen-bond donors (Lipinski definition) is 3. The third-order valence-corrected chi connectivity index (χ3v) is 3.53. The van der Waals surface area contributed by atoms with E-state index in [-0.39, 0.29) is 24.3 Å². The van der Waals surface area contributed by atoms with Gasteiger partial charge in [-0.15, -0.1) is 0 Å². The summed E-state index contributed by atoms with van der Waals surface area (Å²) in [6.07, 6.45) is -6.15. The van der Waals surface area contributed by atoms with Gasteiger partial charge in [0.2, 0.25) is 0 Å². The monoisotopic (exact) mass is 378 g/mol. The molecule has 0 fully saturated rings. The fraction of sp³-hybridized carbons (Fsp3) is 0.588. The van der Waals surface area contributed by atoms with Crippen LogP contribution >= 0.6 is 0 Å². The molecule has 9 heteroatoms. The largest absolute Gasteiger partial charge is 0.398 e. The minimum Gasteiger partial charge on any atom is -0.392 e. The molecule has 0 heterocycles. The van der Waals surface area contributed by atoms with Crippen LogP contribution in [0.15, 0.2) is 24.3 Å². The van der Waals surface area contributed by atoms with Gasteiger partial charge in [0.05, 0.1) is 32.5 Å². The van der Waals surface area contributed by atoms with E-state index in [1.807, 2.05) is 0 Å². The summed E-state index contributed by atoms with van der Waals surface area (Å²) in [5, 5.41) is 12.0. The van der Waals surface area contributed by atoms with E-state index < -0.39 is 24.1 Å². The molecule has 6 nitrogen and oxygen atoms in total. The van der Waals surface area contributed by atoms with E-state index in [0.29, 0.717) is 26.4 Å². The molecule has 0 radical (unpaired) electrons. The first-order chi connectivity index (χ1) is 12.3. The van der Waals surface area contributed by atoms with Crippen LogP contribution in [-0.4, -0.2) is 62.8 Å². The van der Waals surface area contributed by atoms with Crippen LogP contribution in [0.5, 0.6) is 0 Å². The van der Waals surface area contributed by atoms with Crippen molar-refractivity contribution in [1.29, 1.82) is 0 Å². The molecule has 1 rings (SSSR count). The second-order valence-electron chi connectivity index (χ2n) is 5.65. The predicted molar refractivity (Wildman–Crippen MR) is 89.9 cm³/mol. The van der Waals surface area contributed by atoms with E-state index in [1.54, 1.807) is 0 Å². The van der Waals surface area contributed by atoms with E-state index in [4.69, 9.17) is 15.2 Å². The first-order valence-electron chi connectivity index (χ1n) is 8.26. The first-order valence-corrected chi connectivity index (χ1v) is 8.26. The average Bonchev–Trinajstić information content (AvgIpc) is 2.56. The Morgan fingerprint density at radius 3 is 2.23 bits per heavy atom. The van der Waals surface area contributed by atoms with E-state index in [0.717, 1.165) is 6.92 Å². The molecule has 1 aromatic carbocycles. The molecule has 1 aromatic rings. The van der Waals surface area contributed by atoms with Crippen LogP contribution in [0.4, 0.5) is 13.2 Å². The molecule has 26 heavy (non-hydrogen) atoms. The molecule has 0 aliphatic carbocycles. The van der Waals surface area contributed by atoms with Gasteiger partial charge in [-0.3, -0.25) is 4.79 Å². The van der Waals surface area contributed by atoms with Gasteiger partial charge in [0, 0.05) is 18.7 Å². The predicted octanol–water partition coefficient (Wildman–Crippen LogP) is 1.43. The summed E-state index contributed by atoms with van der Waals surface area (Å²) >= 11 is 0. The molecular weight excluding hydrogens is 353 g/mol. The molecular formula is C17H25F3N2O4. The molecule has 0 aliphatic heterocycles. The Morgan fingerprint density at radius 1 is 1.15 bits per heavy atom. The highest BCUT2D eigenvalue weighted by molar-refractivity contribution is 5.94. The second-order valence-corrected chi connectivity index (χ2v) is 5.65. The number of carbonyl (C=O) groups is 1. The number of hydrogen-bond acceptors (Lipinski definition) is 5. The van der Waals surface area contributed by atoms with Crippen molar-refractivity contribution in [3.05, 3.63) is 35.4 Å². The molecule has 2 unspecified atom stereocenters. The normalized spacial score (nSPS) is 14.1. The molecule has 0 aromatic heterocycles. The van der Waals surface area contributed by atoms with Gasteiger partial charge in [0.25, 0.3) is 5.91 Å². The highest BCUT2D eigenvalue weighted by atomic mass is 19.4. The minimum atomic E-state index is -4.57. The highest BCUT2D eigenvalue weighted by Gasteiger charge is 2.43. The van der Waals surface area contributed by atoms with Gasteiger partial charge in [0.1, 0.15) is 5.92 Å². The molecule has 2 atom stereocenters. The smallest absolute Gasteiger partial charge is 0.392 e. The van der Waals surface area contributed by atoms with Crippen LogP contribution in [0.2, 0.25) is 0 Å². The van der Waals surface area contributed by atoms with Crippen molar-refractivity contribution in [3.63, 3.8) is 0 Å². The van der Waals surface area contributed by atoms with Gasteiger partial charge in [-0.2, -0.15) is 13.2 Å². The number of alkyl halides is 3. The van der Waals surface area contributed by atoms with Crippen LogP contribution in [0.25, 0.3) is 0 Å². The Morgan fingerprint density at radius 2 is 1.73 bits per heavy atom. The Kier molecular flexibility index (Phi) is 9.57. The van der Waals surface area contributed by atoms with Gasteiger partial charge in [-0.25, -0.2) is 0 Å². The molecule has 4 N–H and O–H groups in total. The summed E-state index contributed by atoms with van der Waals surface area (Å²) in [5.41, 5.74) is 5.40. The van der Waals surface area contributed by atoms with Gasteiger partial charge in [-0.05, 0) is 24.6 Å². The zero-order chi connectivity index (χ0) is 19.6. The number of halogens is 3. The van der Waals surface area contributed by atoms with Crippen molar-refractivity contribution < 1.29 is 32.5 Å². The molecule has 0 aliphatic rings. The second kappa shape index (κ2) is 11.1. The Hall–Kier alpha value is -1.68. The van der Waals surface area contributed by atoms with Crippen molar-refractivity contribution in [2.45, 2.75) is 25.1 Å². The van der Waals surface area contributed by atoms with Gasteiger partial charge in [0.15, 0.2) is 0 Å². The lowest BCUT2D eigenvalue weighted by atomic mass is 9.93. The molecule has 0 bridgehead atoms. The molecule has 1 amide bonds. The van der Waals surface area contributed by atoms with Crippen molar-refractivity contribution in [2.24, 2.45) is 5.73 Å². The summed E-state index contributed by atoms with van der Waals surface area (Å²) in [6, 6.07) is 5.00. The van der Waals surface area contributed by atoms with Crippen LogP contribution in [-0.2, 0) is 9.47 Å². The van der Waals surface area contributed by atoms with Crippen molar-refractivity contribution >= 4 is 5.91 Å². The zero-order valence-corrected chi connectivity index (χ0v) is 14.6. The Balaban J connectivity index is 2.44. The lowest BCUT2D eigenvalue weighted by Gasteiger charge is -2.23. The van der Waals surface area contributed by atoms with Crippen LogP contribution in [0, 0.1) is 0 Å². The third-order valence-electron chi connectivity index (χ3n) is 3.53. The van der Waals surface area contributed by atoms with E-state index in [2.05, 4.69) is 5.32 Å². The SMILES string of the molecule is CC(O)C(c1ccc(C(=O)NCCOCCOCCN)cc1)C(F)(F)F.